The summed E-state index contributed by atoms with van der Waals surface area (Å²) in [6.45, 7) is 4.50. The Morgan fingerprint density at radius 1 is 1.21 bits per heavy atom. The molecule has 0 spiro atoms. The largest absolute Gasteiger partial charge is 0.492 e. The van der Waals surface area contributed by atoms with E-state index in [0.717, 1.165) is 53.0 Å². The third kappa shape index (κ3) is 3.17. The number of para-hydroxylation sites is 1. The molecule has 0 amide bonds. The highest BCUT2D eigenvalue weighted by Gasteiger charge is 2.21. The molecule has 144 valence electrons. The van der Waals surface area contributed by atoms with E-state index in [1.165, 1.54) is 0 Å². The number of rotatable bonds is 4. The third-order valence-electron chi connectivity index (χ3n) is 5.08. The number of ether oxygens (including phenoxy) is 2. The summed E-state index contributed by atoms with van der Waals surface area (Å²) >= 11 is 0. The molecule has 0 saturated heterocycles. The quantitative estimate of drug-likeness (QED) is 0.682. The van der Waals surface area contributed by atoms with E-state index in [4.69, 9.17) is 14.5 Å². The van der Waals surface area contributed by atoms with Crippen molar-refractivity contribution in [3.8, 4) is 11.5 Å². The van der Waals surface area contributed by atoms with Gasteiger partial charge in [-0.25, -0.2) is 4.98 Å². The lowest BCUT2D eigenvalue weighted by molar-refractivity contribution is 0.310. The molecule has 4 rings (SSSR count). The molecule has 0 fully saturated rings. The molecule has 0 unspecified atom stereocenters. The van der Waals surface area contributed by atoms with E-state index in [0.29, 0.717) is 18.0 Å². The molecule has 0 atom stereocenters. The van der Waals surface area contributed by atoms with E-state index in [-0.39, 0.29) is 5.56 Å². The molecule has 3 aromatic rings. The second-order valence-corrected chi connectivity index (χ2v) is 7.01. The zero-order chi connectivity index (χ0) is 19.7. The van der Waals surface area contributed by atoms with Crippen molar-refractivity contribution in [2.75, 3.05) is 13.7 Å². The van der Waals surface area contributed by atoms with Gasteiger partial charge in [0.25, 0.3) is 5.56 Å². The van der Waals surface area contributed by atoms with Crippen LogP contribution in [0.5, 0.6) is 11.5 Å². The average molecular weight is 376 g/mol. The first-order valence-electron chi connectivity index (χ1n) is 9.65. The van der Waals surface area contributed by atoms with Crippen LogP contribution in [0.2, 0.25) is 0 Å². The van der Waals surface area contributed by atoms with Crippen LogP contribution < -0.4 is 15.0 Å². The second-order valence-electron chi connectivity index (χ2n) is 7.01. The second kappa shape index (κ2) is 7.50. The first-order chi connectivity index (χ1) is 13.6. The van der Waals surface area contributed by atoms with Crippen LogP contribution in [0.25, 0.3) is 17.3 Å². The molecule has 0 N–H and O–H groups in total. The summed E-state index contributed by atoms with van der Waals surface area (Å²) in [6.07, 6.45) is 6.50. The zero-order valence-corrected chi connectivity index (χ0v) is 16.5. The average Bonchev–Trinajstić information content (AvgIpc) is 2.70. The van der Waals surface area contributed by atoms with Crippen molar-refractivity contribution in [1.82, 2.24) is 9.38 Å². The molecule has 1 aliphatic rings. The highest BCUT2D eigenvalue weighted by atomic mass is 16.5. The summed E-state index contributed by atoms with van der Waals surface area (Å²) in [5, 5.41) is 0. The highest BCUT2D eigenvalue weighted by molar-refractivity contribution is 5.84. The van der Waals surface area contributed by atoms with Gasteiger partial charge >= 0.3 is 0 Å². The number of allylic oxidation sites excluding steroid dienone is 1. The summed E-state index contributed by atoms with van der Waals surface area (Å²) in [4.78, 5) is 17.9. The van der Waals surface area contributed by atoms with Gasteiger partial charge in [0.15, 0.2) is 11.5 Å². The summed E-state index contributed by atoms with van der Waals surface area (Å²) in [5.41, 5.74) is 5.35. The molecule has 5 heteroatoms. The van der Waals surface area contributed by atoms with Gasteiger partial charge in [-0.15, -0.1) is 0 Å². The van der Waals surface area contributed by atoms with E-state index in [1.807, 2.05) is 50.4 Å². The summed E-state index contributed by atoms with van der Waals surface area (Å²) < 4.78 is 13.0. The van der Waals surface area contributed by atoms with E-state index in [2.05, 4.69) is 6.08 Å². The van der Waals surface area contributed by atoms with Gasteiger partial charge in [0, 0.05) is 17.3 Å². The lowest BCUT2D eigenvalue weighted by Gasteiger charge is -2.19. The molecular weight excluding hydrogens is 352 g/mol. The standard InChI is InChI=1S/C23H24N2O3/c1-4-28-19-10-6-8-17(22(19)27-3)13-16-7-5-9-18-21(16)24-20-12-11-15(2)14-25(20)23(18)26/h6,8,10-14H,4-5,7,9H2,1-3H3/b16-13+. The number of aromatic nitrogens is 2. The first-order valence-corrected chi connectivity index (χ1v) is 9.65. The molecular formula is C23H24N2O3. The third-order valence-corrected chi connectivity index (χ3v) is 5.08. The van der Waals surface area contributed by atoms with Gasteiger partial charge in [-0.05, 0) is 62.5 Å². The van der Waals surface area contributed by atoms with Crippen LogP contribution in [0.15, 0.2) is 41.3 Å². The van der Waals surface area contributed by atoms with Crippen LogP contribution in [-0.4, -0.2) is 23.1 Å². The van der Waals surface area contributed by atoms with Crippen molar-refractivity contribution >= 4 is 17.3 Å². The minimum Gasteiger partial charge on any atom is -0.492 e. The molecule has 5 nitrogen and oxygen atoms in total. The van der Waals surface area contributed by atoms with E-state index < -0.39 is 0 Å². The van der Waals surface area contributed by atoms with Crippen LogP contribution in [0.4, 0.5) is 0 Å². The Kier molecular flexibility index (Phi) is 4.90. The number of nitrogens with zero attached hydrogens (tertiary/aromatic N) is 2. The Morgan fingerprint density at radius 3 is 2.86 bits per heavy atom. The summed E-state index contributed by atoms with van der Waals surface area (Å²) in [7, 11) is 1.65. The lowest BCUT2D eigenvalue weighted by Crippen LogP contribution is -2.24. The lowest BCUT2D eigenvalue weighted by atomic mass is 9.90. The molecule has 1 aliphatic carbocycles. The molecule has 28 heavy (non-hydrogen) atoms. The summed E-state index contributed by atoms with van der Waals surface area (Å²) in [5.74, 6) is 1.43. The normalized spacial score (nSPS) is 14.9. The fraction of sp³-hybridized carbons (Fsp3) is 0.304. The van der Waals surface area contributed by atoms with Crippen LogP contribution in [0.1, 0.15) is 42.1 Å². The summed E-state index contributed by atoms with van der Waals surface area (Å²) in [6, 6.07) is 9.74. The van der Waals surface area contributed by atoms with Gasteiger partial charge in [0.2, 0.25) is 0 Å². The highest BCUT2D eigenvalue weighted by Crippen LogP contribution is 2.36. The van der Waals surface area contributed by atoms with E-state index >= 15 is 0 Å². The van der Waals surface area contributed by atoms with Crippen LogP contribution >= 0.6 is 0 Å². The predicted molar refractivity (Wildman–Crippen MR) is 111 cm³/mol. The van der Waals surface area contributed by atoms with Crippen LogP contribution in [0, 0.1) is 6.92 Å². The van der Waals surface area contributed by atoms with E-state index in [1.54, 1.807) is 11.5 Å². The smallest absolute Gasteiger partial charge is 0.261 e. The van der Waals surface area contributed by atoms with Gasteiger partial charge in [0.1, 0.15) is 5.65 Å². The fourth-order valence-corrected chi connectivity index (χ4v) is 3.81. The van der Waals surface area contributed by atoms with Crippen LogP contribution in [-0.2, 0) is 6.42 Å². The zero-order valence-electron chi connectivity index (χ0n) is 16.5. The minimum atomic E-state index is 0.0318. The molecule has 2 aromatic heterocycles. The Labute approximate surface area is 164 Å². The van der Waals surface area contributed by atoms with Crippen molar-refractivity contribution in [3.63, 3.8) is 0 Å². The Hall–Kier alpha value is -3.08. The molecule has 2 heterocycles. The maximum absolute atomic E-state index is 13.0. The number of aryl methyl sites for hydroxylation is 1. The van der Waals surface area contributed by atoms with E-state index in [9.17, 15) is 4.79 Å². The number of pyridine rings is 1. The number of benzene rings is 1. The van der Waals surface area contributed by atoms with Crippen molar-refractivity contribution < 1.29 is 9.47 Å². The Bertz CT molecular complexity index is 1130. The molecule has 0 radical (unpaired) electrons. The number of fused-ring (bicyclic) bond motifs is 2. The van der Waals surface area contributed by atoms with Gasteiger partial charge in [-0.3, -0.25) is 9.20 Å². The van der Waals surface area contributed by atoms with Crippen molar-refractivity contribution in [3.05, 3.63) is 69.3 Å². The first kappa shape index (κ1) is 18.3. The van der Waals surface area contributed by atoms with Crippen molar-refractivity contribution in [2.24, 2.45) is 0 Å². The topological polar surface area (TPSA) is 52.8 Å². The Balaban J connectivity index is 1.89. The van der Waals surface area contributed by atoms with Gasteiger partial charge < -0.3 is 9.47 Å². The predicted octanol–water partition coefficient (Wildman–Crippen LogP) is 4.29. The maximum Gasteiger partial charge on any atom is 0.261 e. The molecule has 1 aromatic carbocycles. The number of methoxy groups -OCH3 is 1. The fourth-order valence-electron chi connectivity index (χ4n) is 3.81. The monoisotopic (exact) mass is 376 g/mol. The van der Waals surface area contributed by atoms with Gasteiger partial charge in [0.05, 0.1) is 19.4 Å². The van der Waals surface area contributed by atoms with Crippen LogP contribution in [0.3, 0.4) is 0 Å². The molecule has 0 saturated carbocycles. The van der Waals surface area contributed by atoms with Gasteiger partial charge in [-0.1, -0.05) is 18.2 Å². The maximum atomic E-state index is 13.0. The molecule has 0 aliphatic heterocycles. The Morgan fingerprint density at radius 2 is 2.07 bits per heavy atom. The van der Waals surface area contributed by atoms with Crippen molar-refractivity contribution in [1.29, 1.82) is 0 Å². The van der Waals surface area contributed by atoms with Crippen molar-refractivity contribution in [2.45, 2.75) is 33.1 Å². The van der Waals surface area contributed by atoms with Gasteiger partial charge in [-0.2, -0.15) is 0 Å². The molecule has 0 bridgehead atoms. The minimum absolute atomic E-state index is 0.0318. The number of hydrogen-bond acceptors (Lipinski definition) is 4. The number of hydrogen-bond donors (Lipinski definition) is 0. The SMILES string of the molecule is CCOc1cccc(/C=C2\CCCc3c2nc2ccc(C)cn2c3=O)c1OC.